The molecule has 0 bridgehead atoms. The van der Waals surface area contributed by atoms with Gasteiger partial charge >= 0.3 is 5.97 Å². The van der Waals surface area contributed by atoms with Crippen LogP contribution in [0, 0.1) is 11.8 Å². The molecule has 2 N–H and O–H groups in total. The Labute approximate surface area is 98.7 Å². The highest BCUT2D eigenvalue weighted by Gasteiger charge is 2.31. The molecule has 3 atom stereocenters. The minimum atomic E-state index is -0.0175. The first-order valence-corrected chi connectivity index (χ1v) is 6.59. The van der Waals surface area contributed by atoms with Gasteiger partial charge in [0, 0.05) is 0 Å². The van der Waals surface area contributed by atoms with Crippen molar-refractivity contribution in [2.75, 3.05) is 6.54 Å². The molecule has 3 unspecified atom stereocenters. The van der Waals surface area contributed by atoms with E-state index in [1.54, 1.807) is 0 Å². The number of hydrogen-bond donors (Lipinski definition) is 1. The maximum atomic E-state index is 12.0. The van der Waals surface area contributed by atoms with Gasteiger partial charge in [-0.2, -0.15) is 0 Å². The monoisotopic (exact) mass is 227 g/mol. The second-order valence-electron chi connectivity index (χ2n) is 4.92. The molecule has 3 heteroatoms. The smallest absolute Gasteiger partial charge is 0.309 e. The van der Waals surface area contributed by atoms with Crippen molar-refractivity contribution in [1.29, 1.82) is 0 Å². The van der Waals surface area contributed by atoms with Crippen LogP contribution in [-0.4, -0.2) is 18.6 Å². The van der Waals surface area contributed by atoms with E-state index in [0.29, 0.717) is 12.5 Å². The van der Waals surface area contributed by atoms with Crippen LogP contribution in [0.5, 0.6) is 0 Å². The Morgan fingerprint density at radius 3 is 2.75 bits per heavy atom. The molecule has 1 saturated carbocycles. The second kappa shape index (κ2) is 6.89. The highest BCUT2D eigenvalue weighted by atomic mass is 16.5. The Balaban J connectivity index is 2.44. The Morgan fingerprint density at radius 1 is 1.44 bits per heavy atom. The summed E-state index contributed by atoms with van der Waals surface area (Å²) in [6, 6.07) is 0. The van der Waals surface area contributed by atoms with Gasteiger partial charge < -0.3 is 10.5 Å². The lowest BCUT2D eigenvalue weighted by Gasteiger charge is -2.29. The first-order valence-electron chi connectivity index (χ1n) is 6.59. The average Bonchev–Trinajstić information content (AvgIpc) is 2.29. The molecule has 0 heterocycles. The molecule has 0 radical (unpaired) electrons. The van der Waals surface area contributed by atoms with Crippen molar-refractivity contribution < 1.29 is 9.53 Å². The SMILES string of the molecule is CCCC(C)OC(=O)C1CCCCC1CN. The molecule has 0 aromatic carbocycles. The van der Waals surface area contributed by atoms with Crippen LogP contribution in [0.25, 0.3) is 0 Å². The number of ether oxygens (including phenoxy) is 1. The minimum absolute atomic E-state index is 0.0175. The molecule has 1 rings (SSSR count). The van der Waals surface area contributed by atoms with Gasteiger partial charge in [0.1, 0.15) is 0 Å². The van der Waals surface area contributed by atoms with Crippen LogP contribution in [0.3, 0.4) is 0 Å². The molecule has 0 aliphatic heterocycles. The summed E-state index contributed by atoms with van der Waals surface area (Å²) < 4.78 is 5.47. The third-order valence-corrected chi connectivity index (χ3v) is 3.53. The summed E-state index contributed by atoms with van der Waals surface area (Å²) in [4.78, 5) is 12.0. The van der Waals surface area contributed by atoms with Gasteiger partial charge in [-0.3, -0.25) is 4.79 Å². The van der Waals surface area contributed by atoms with E-state index in [4.69, 9.17) is 10.5 Å². The lowest BCUT2D eigenvalue weighted by Crippen LogP contribution is -2.34. The van der Waals surface area contributed by atoms with Gasteiger partial charge in [-0.15, -0.1) is 0 Å². The van der Waals surface area contributed by atoms with Crippen LogP contribution in [0.15, 0.2) is 0 Å². The lowest BCUT2D eigenvalue weighted by atomic mass is 9.79. The summed E-state index contributed by atoms with van der Waals surface area (Å²) in [7, 11) is 0. The predicted molar refractivity (Wildman–Crippen MR) is 65.0 cm³/mol. The van der Waals surface area contributed by atoms with Crippen LogP contribution >= 0.6 is 0 Å². The first kappa shape index (κ1) is 13.5. The molecular formula is C13H25NO2. The Kier molecular flexibility index (Phi) is 5.81. The molecule has 0 aromatic rings. The zero-order chi connectivity index (χ0) is 12.0. The molecule has 0 spiro atoms. The first-order chi connectivity index (χ1) is 7.69. The molecule has 16 heavy (non-hydrogen) atoms. The number of esters is 1. The Bertz CT molecular complexity index is 218. The van der Waals surface area contributed by atoms with Crippen molar-refractivity contribution in [3.8, 4) is 0 Å². The molecule has 0 amide bonds. The third-order valence-electron chi connectivity index (χ3n) is 3.53. The van der Waals surface area contributed by atoms with Crippen molar-refractivity contribution >= 4 is 5.97 Å². The van der Waals surface area contributed by atoms with Crippen LogP contribution < -0.4 is 5.73 Å². The van der Waals surface area contributed by atoms with Gasteiger partial charge in [0.15, 0.2) is 0 Å². The fraction of sp³-hybridized carbons (Fsp3) is 0.923. The molecule has 1 fully saturated rings. The lowest BCUT2D eigenvalue weighted by molar-refractivity contribution is -0.156. The van der Waals surface area contributed by atoms with Gasteiger partial charge in [0.25, 0.3) is 0 Å². The van der Waals surface area contributed by atoms with Crippen LogP contribution in [0.2, 0.25) is 0 Å². The predicted octanol–water partition coefficient (Wildman–Crippen LogP) is 2.48. The molecular weight excluding hydrogens is 202 g/mol. The van der Waals surface area contributed by atoms with Crippen LogP contribution in [-0.2, 0) is 9.53 Å². The topological polar surface area (TPSA) is 52.3 Å². The maximum absolute atomic E-state index is 12.0. The van der Waals surface area contributed by atoms with E-state index in [1.807, 2.05) is 6.92 Å². The molecule has 0 saturated heterocycles. The standard InChI is InChI=1S/C13H25NO2/c1-3-6-10(2)16-13(15)12-8-5-4-7-11(12)9-14/h10-12H,3-9,14H2,1-2H3. The normalized spacial score (nSPS) is 27.4. The fourth-order valence-corrected chi connectivity index (χ4v) is 2.55. The number of rotatable bonds is 5. The summed E-state index contributed by atoms with van der Waals surface area (Å²) >= 11 is 0. The van der Waals surface area contributed by atoms with Crippen molar-refractivity contribution in [1.82, 2.24) is 0 Å². The third kappa shape index (κ3) is 3.78. The summed E-state index contributed by atoms with van der Waals surface area (Å²) in [5.41, 5.74) is 5.71. The summed E-state index contributed by atoms with van der Waals surface area (Å²) in [6.45, 7) is 4.69. The van der Waals surface area contributed by atoms with Crippen LogP contribution in [0.4, 0.5) is 0 Å². The summed E-state index contributed by atoms with van der Waals surface area (Å²) in [5.74, 6) is 0.379. The summed E-state index contributed by atoms with van der Waals surface area (Å²) in [5, 5.41) is 0. The van der Waals surface area contributed by atoms with Gasteiger partial charge in [-0.05, 0) is 38.6 Å². The quantitative estimate of drug-likeness (QED) is 0.734. The van der Waals surface area contributed by atoms with E-state index in [2.05, 4.69) is 6.92 Å². The van der Waals surface area contributed by atoms with E-state index in [0.717, 1.165) is 32.1 Å². The van der Waals surface area contributed by atoms with E-state index in [9.17, 15) is 4.79 Å². The van der Waals surface area contributed by atoms with Gasteiger partial charge in [0.2, 0.25) is 0 Å². The zero-order valence-electron chi connectivity index (χ0n) is 10.6. The van der Waals surface area contributed by atoms with Crippen molar-refractivity contribution in [2.24, 2.45) is 17.6 Å². The largest absolute Gasteiger partial charge is 0.462 e. The molecule has 1 aliphatic rings. The number of carbonyl (C=O) groups is 1. The van der Waals surface area contributed by atoms with Crippen molar-refractivity contribution in [2.45, 2.75) is 58.5 Å². The van der Waals surface area contributed by atoms with Gasteiger partial charge in [-0.25, -0.2) is 0 Å². The Hall–Kier alpha value is -0.570. The molecule has 94 valence electrons. The molecule has 1 aliphatic carbocycles. The highest BCUT2D eigenvalue weighted by Crippen LogP contribution is 2.30. The number of hydrogen-bond acceptors (Lipinski definition) is 3. The van der Waals surface area contributed by atoms with E-state index < -0.39 is 0 Å². The van der Waals surface area contributed by atoms with E-state index in [1.165, 1.54) is 6.42 Å². The van der Waals surface area contributed by atoms with Gasteiger partial charge in [0.05, 0.1) is 12.0 Å². The summed E-state index contributed by atoms with van der Waals surface area (Å²) in [6.07, 6.45) is 6.44. The number of carbonyl (C=O) groups excluding carboxylic acids is 1. The average molecular weight is 227 g/mol. The Morgan fingerprint density at radius 2 is 2.12 bits per heavy atom. The zero-order valence-corrected chi connectivity index (χ0v) is 10.6. The van der Waals surface area contributed by atoms with Crippen molar-refractivity contribution in [3.05, 3.63) is 0 Å². The van der Waals surface area contributed by atoms with Crippen molar-refractivity contribution in [3.63, 3.8) is 0 Å². The van der Waals surface area contributed by atoms with E-state index in [-0.39, 0.29) is 18.0 Å². The second-order valence-corrected chi connectivity index (χ2v) is 4.92. The van der Waals surface area contributed by atoms with E-state index >= 15 is 0 Å². The minimum Gasteiger partial charge on any atom is -0.462 e. The fourth-order valence-electron chi connectivity index (χ4n) is 2.55. The molecule has 3 nitrogen and oxygen atoms in total. The van der Waals surface area contributed by atoms with Gasteiger partial charge in [-0.1, -0.05) is 26.2 Å². The molecule has 0 aromatic heterocycles. The maximum Gasteiger partial charge on any atom is 0.309 e. The number of nitrogens with two attached hydrogens (primary N) is 1. The highest BCUT2D eigenvalue weighted by molar-refractivity contribution is 5.73. The van der Waals surface area contributed by atoms with Crippen LogP contribution in [0.1, 0.15) is 52.4 Å².